The molecular weight excluding hydrogens is 308 g/mol. The molecule has 0 radical (unpaired) electrons. The maximum absolute atomic E-state index is 12.2. The Labute approximate surface area is 141 Å². The van der Waals surface area contributed by atoms with Crippen LogP contribution in [0, 0.1) is 0 Å². The van der Waals surface area contributed by atoms with Crippen molar-refractivity contribution in [1.29, 1.82) is 0 Å². The number of carbonyl (C=O) groups is 2. The molecule has 0 aliphatic rings. The van der Waals surface area contributed by atoms with E-state index in [1.165, 1.54) is 7.11 Å². The van der Waals surface area contributed by atoms with Crippen LogP contribution in [-0.4, -0.2) is 39.7 Å². The zero-order valence-corrected chi connectivity index (χ0v) is 13.9. The normalized spacial score (nSPS) is 9.96. The second kappa shape index (κ2) is 8.01. The van der Waals surface area contributed by atoms with Crippen molar-refractivity contribution in [2.45, 2.75) is 0 Å². The van der Waals surface area contributed by atoms with Crippen LogP contribution in [0.2, 0.25) is 0 Å². The molecule has 6 nitrogen and oxygen atoms in total. The number of esters is 1. The lowest BCUT2D eigenvalue weighted by Gasteiger charge is -2.21. The number of anilines is 2. The lowest BCUT2D eigenvalue weighted by atomic mass is 10.2. The number of benzene rings is 2. The molecular formula is C18H20N2O4. The molecule has 1 N–H and O–H groups in total. The molecule has 0 aliphatic heterocycles. The number of carbonyl (C=O) groups excluding carboxylic acids is 2. The smallest absolute Gasteiger partial charge is 0.337 e. The van der Waals surface area contributed by atoms with Gasteiger partial charge in [0.15, 0.2) is 0 Å². The highest BCUT2D eigenvalue weighted by atomic mass is 16.5. The monoisotopic (exact) mass is 328 g/mol. The van der Waals surface area contributed by atoms with Gasteiger partial charge in [-0.25, -0.2) is 4.79 Å². The van der Waals surface area contributed by atoms with Crippen molar-refractivity contribution >= 4 is 23.3 Å². The number of methoxy groups -OCH3 is 2. The minimum absolute atomic E-state index is 0.166. The molecule has 2 aromatic rings. The van der Waals surface area contributed by atoms with Gasteiger partial charge in [0, 0.05) is 12.7 Å². The molecule has 0 saturated carbocycles. The van der Waals surface area contributed by atoms with E-state index >= 15 is 0 Å². The molecule has 0 spiro atoms. The summed E-state index contributed by atoms with van der Waals surface area (Å²) in [7, 11) is 4.74. The first-order valence-corrected chi connectivity index (χ1v) is 7.37. The van der Waals surface area contributed by atoms with Crippen molar-refractivity contribution < 1.29 is 19.1 Å². The van der Waals surface area contributed by atoms with E-state index in [9.17, 15) is 9.59 Å². The van der Waals surface area contributed by atoms with Crippen LogP contribution in [0.3, 0.4) is 0 Å². The van der Waals surface area contributed by atoms with Gasteiger partial charge >= 0.3 is 5.97 Å². The summed E-state index contributed by atoms with van der Waals surface area (Å²) >= 11 is 0. The fourth-order valence-corrected chi connectivity index (χ4v) is 2.25. The average molecular weight is 328 g/mol. The first-order valence-electron chi connectivity index (χ1n) is 7.37. The van der Waals surface area contributed by atoms with Crippen LogP contribution in [0.25, 0.3) is 0 Å². The highest BCUT2D eigenvalue weighted by Crippen LogP contribution is 2.26. The fourth-order valence-electron chi connectivity index (χ4n) is 2.25. The standard InChI is InChI=1S/C18H20N2O4/c1-20(15-6-4-5-7-16(15)23-2)12-17(21)19-14-10-8-13(9-11-14)18(22)24-3/h4-11H,12H2,1-3H3,(H,19,21). The van der Waals surface area contributed by atoms with Crippen molar-refractivity contribution in [2.24, 2.45) is 0 Å². The summed E-state index contributed by atoms with van der Waals surface area (Å²) in [5.74, 6) is 0.119. The SMILES string of the molecule is COC(=O)c1ccc(NC(=O)CN(C)c2ccccc2OC)cc1. The van der Waals surface area contributed by atoms with E-state index in [4.69, 9.17) is 4.74 Å². The highest BCUT2D eigenvalue weighted by molar-refractivity contribution is 5.95. The number of rotatable bonds is 6. The number of hydrogen-bond acceptors (Lipinski definition) is 5. The van der Waals surface area contributed by atoms with Gasteiger partial charge in [-0.2, -0.15) is 0 Å². The number of ether oxygens (including phenoxy) is 2. The van der Waals surface area contributed by atoms with Gasteiger partial charge in [0.1, 0.15) is 5.75 Å². The third-order valence-electron chi connectivity index (χ3n) is 3.47. The molecule has 6 heteroatoms. The molecule has 126 valence electrons. The van der Waals surface area contributed by atoms with Crippen LogP contribution in [0.1, 0.15) is 10.4 Å². The predicted octanol–water partition coefficient (Wildman–Crippen LogP) is 2.56. The van der Waals surface area contributed by atoms with Crippen molar-refractivity contribution in [3.8, 4) is 5.75 Å². The number of likely N-dealkylation sites (N-methyl/N-ethyl adjacent to an activating group) is 1. The van der Waals surface area contributed by atoms with Crippen LogP contribution in [0.4, 0.5) is 11.4 Å². The second-order valence-electron chi connectivity index (χ2n) is 5.15. The molecule has 0 atom stereocenters. The fraction of sp³-hybridized carbons (Fsp3) is 0.222. The highest BCUT2D eigenvalue weighted by Gasteiger charge is 2.12. The Hall–Kier alpha value is -3.02. The van der Waals surface area contributed by atoms with E-state index < -0.39 is 5.97 Å². The molecule has 0 heterocycles. The van der Waals surface area contributed by atoms with Gasteiger partial charge in [-0.1, -0.05) is 12.1 Å². The molecule has 0 aromatic heterocycles. The van der Waals surface area contributed by atoms with E-state index in [2.05, 4.69) is 10.1 Å². The van der Waals surface area contributed by atoms with Gasteiger partial charge in [-0.15, -0.1) is 0 Å². The van der Waals surface area contributed by atoms with Crippen LogP contribution < -0.4 is 15.0 Å². The summed E-state index contributed by atoms with van der Waals surface area (Å²) in [6.07, 6.45) is 0. The minimum Gasteiger partial charge on any atom is -0.495 e. The Kier molecular flexibility index (Phi) is 5.78. The number of nitrogens with one attached hydrogen (secondary N) is 1. The van der Waals surface area contributed by atoms with Crippen LogP contribution in [0.5, 0.6) is 5.75 Å². The third kappa shape index (κ3) is 4.25. The number of nitrogens with zero attached hydrogens (tertiary/aromatic N) is 1. The molecule has 1 amide bonds. The van der Waals surface area contributed by atoms with Gasteiger partial charge in [-0.3, -0.25) is 4.79 Å². The van der Waals surface area contributed by atoms with E-state index in [1.54, 1.807) is 36.3 Å². The molecule has 24 heavy (non-hydrogen) atoms. The summed E-state index contributed by atoms with van der Waals surface area (Å²) in [5.41, 5.74) is 1.87. The van der Waals surface area contributed by atoms with Crippen LogP contribution in [-0.2, 0) is 9.53 Å². The van der Waals surface area contributed by atoms with Crippen molar-refractivity contribution in [1.82, 2.24) is 0 Å². The first-order chi connectivity index (χ1) is 11.5. The van der Waals surface area contributed by atoms with Crippen LogP contribution >= 0.6 is 0 Å². The molecule has 0 fully saturated rings. The van der Waals surface area contributed by atoms with Gasteiger partial charge in [0.2, 0.25) is 5.91 Å². The number of hydrogen-bond donors (Lipinski definition) is 1. The topological polar surface area (TPSA) is 67.9 Å². The van der Waals surface area contributed by atoms with Gasteiger partial charge in [-0.05, 0) is 36.4 Å². The number of amides is 1. The molecule has 0 saturated heterocycles. The van der Waals surface area contributed by atoms with Gasteiger partial charge in [0.25, 0.3) is 0 Å². The Morgan fingerprint density at radius 1 is 1.04 bits per heavy atom. The number of para-hydroxylation sites is 2. The Morgan fingerprint density at radius 2 is 1.71 bits per heavy atom. The first kappa shape index (κ1) is 17.3. The Morgan fingerprint density at radius 3 is 2.33 bits per heavy atom. The van der Waals surface area contributed by atoms with E-state index in [-0.39, 0.29) is 12.5 Å². The second-order valence-corrected chi connectivity index (χ2v) is 5.15. The minimum atomic E-state index is -0.413. The molecule has 0 bridgehead atoms. The molecule has 0 unspecified atom stereocenters. The zero-order valence-electron chi connectivity index (χ0n) is 13.9. The summed E-state index contributed by atoms with van der Waals surface area (Å²) in [4.78, 5) is 25.4. The summed E-state index contributed by atoms with van der Waals surface area (Å²) in [5, 5.41) is 2.79. The van der Waals surface area contributed by atoms with Gasteiger partial charge < -0.3 is 19.7 Å². The predicted molar refractivity (Wildman–Crippen MR) is 92.7 cm³/mol. The lowest BCUT2D eigenvalue weighted by molar-refractivity contribution is -0.114. The van der Waals surface area contributed by atoms with Crippen molar-refractivity contribution in [3.05, 3.63) is 54.1 Å². The van der Waals surface area contributed by atoms with Crippen molar-refractivity contribution in [3.63, 3.8) is 0 Å². The average Bonchev–Trinajstić information content (AvgIpc) is 2.61. The molecule has 2 rings (SSSR count). The van der Waals surface area contributed by atoms with E-state index in [0.717, 1.165) is 5.69 Å². The Balaban J connectivity index is 1.99. The van der Waals surface area contributed by atoms with E-state index in [0.29, 0.717) is 17.0 Å². The van der Waals surface area contributed by atoms with Crippen LogP contribution in [0.15, 0.2) is 48.5 Å². The van der Waals surface area contributed by atoms with Gasteiger partial charge in [0.05, 0.1) is 32.0 Å². The summed E-state index contributed by atoms with van der Waals surface area (Å²) in [6, 6.07) is 14.0. The third-order valence-corrected chi connectivity index (χ3v) is 3.47. The molecule has 2 aromatic carbocycles. The summed E-state index contributed by atoms with van der Waals surface area (Å²) < 4.78 is 9.93. The Bertz CT molecular complexity index is 713. The molecule has 0 aliphatic carbocycles. The zero-order chi connectivity index (χ0) is 17.5. The van der Waals surface area contributed by atoms with Crippen molar-refractivity contribution in [2.75, 3.05) is 38.0 Å². The maximum Gasteiger partial charge on any atom is 0.337 e. The van der Waals surface area contributed by atoms with E-state index in [1.807, 2.05) is 31.3 Å². The largest absolute Gasteiger partial charge is 0.495 e. The summed E-state index contributed by atoms with van der Waals surface area (Å²) in [6.45, 7) is 0.166. The maximum atomic E-state index is 12.2. The quantitative estimate of drug-likeness (QED) is 0.826. The lowest BCUT2D eigenvalue weighted by Crippen LogP contribution is -2.30.